The molecule has 21 heavy (non-hydrogen) atoms. The number of aromatic nitrogens is 2. The number of hydrogen-bond donors (Lipinski definition) is 0. The van der Waals surface area contributed by atoms with Gasteiger partial charge in [-0.3, -0.25) is 0 Å². The highest BCUT2D eigenvalue weighted by molar-refractivity contribution is 8.13. The Balaban J connectivity index is 2.43. The first-order valence-corrected chi connectivity index (χ1v) is 9.27. The Labute approximate surface area is 134 Å². The smallest absolute Gasteiger partial charge is 0.248 e. The van der Waals surface area contributed by atoms with Gasteiger partial charge < -0.3 is 0 Å². The van der Waals surface area contributed by atoms with Crippen LogP contribution in [0.1, 0.15) is 30.2 Å². The van der Waals surface area contributed by atoms with Gasteiger partial charge in [-0.15, -0.1) is 0 Å². The average molecular weight is 347 g/mol. The van der Waals surface area contributed by atoms with Gasteiger partial charge in [0.15, 0.2) is 0 Å². The van der Waals surface area contributed by atoms with Crippen LogP contribution >= 0.6 is 22.3 Å². The third-order valence-electron chi connectivity index (χ3n) is 3.10. The molecule has 0 bridgehead atoms. The van der Waals surface area contributed by atoms with Crippen molar-refractivity contribution in [2.24, 2.45) is 0 Å². The van der Waals surface area contributed by atoms with Gasteiger partial charge in [-0.05, 0) is 18.9 Å². The number of aryl methyl sites for hydroxylation is 2. The molecule has 0 amide bonds. The standard InChI is InChI=1S/C14H16Cl2N2O2S/c1-3-4-12-13(21(16,19)20)14(15)18(17-12)9-11-7-5-10(2)6-8-11/h5-8H,3-4,9H2,1-2H3. The Bertz CT molecular complexity index is 737. The van der Waals surface area contributed by atoms with E-state index in [9.17, 15) is 8.42 Å². The van der Waals surface area contributed by atoms with Crippen molar-refractivity contribution in [3.63, 3.8) is 0 Å². The number of benzene rings is 1. The maximum atomic E-state index is 11.7. The molecule has 0 spiro atoms. The third-order valence-corrected chi connectivity index (χ3v) is 4.98. The minimum absolute atomic E-state index is 0.0639. The van der Waals surface area contributed by atoms with E-state index in [-0.39, 0.29) is 10.0 Å². The second kappa shape index (κ2) is 6.38. The zero-order valence-electron chi connectivity index (χ0n) is 11.8. The lowest BCUT2D eigenvalue weighted by atomic mass is 10.1. The largest absolute Gasteiger partial charge is 0.266 e. The van der Waals surface area contributed by atoms with Crippen LogP contribution in [0.5, 0.6) is 0 Å². The summed E-state index contributed by atoms with van der Waals surface area (Å²) in [7, 11) is 1.57. The Hall–Kier alpha value is -1.04. The molecule has 1 aromatic heterocycles. The molecule has 0 saturated heterocycles. The molecule has 0 fully saturated rings. The van der Waals surface area contributed by atoms with E-state index in [0.717, 1.165) is 17.5 Å². The molecular formula is C14H16Cl2N2O2S. The fraction of sp³-hybridized carbons (Fsp3) is 0.357. The Morgan fingerprint density at radius 2 is 1.86 bits per heavy atom. The summed E-state index contributed by atoms with van der Waals surface area (Å²) in [5, 5.41) is 4.37. The highest BCUT2D eigenvalue weighted by atomic mass is 35.7. The molecule has 4 nitrogen and oxygen atoms in total. The monoisotopic (exact) mass is 346 g/mol. The molecule has 2 rings (SSSR count). The lowest BCUT2D eigenvalue weighted by molar-refractivity contribution is 0.608. The number of nitrogens with zero attached hydrogens (tertiary/aromatic N) is 2. The van der Waals surface area contributed by atoms with Crippen LogP contribution in [0.25, 0.3) is 0 Å². The fourth-order valence-corrected chi connectivity index (χ4v) is 3.93. The maximum absolute atomic E-state index is 11.7. The van der Waals surface area contributed by atoms with Crippen molar-refractivity contribution in [1.82, 2.24) is 9.78 Å². The fourth-order valence-electron chi connectivity index (χ4n) is 2.08. The third kappa shape index (κ3) is 3.78. The van der Waals surface area contributed by atoms with Gasteiger partial charge in [-0.2, -0.15) is 5.10 Å². The quantitative estimate of drug-likeness (QED) is 0.774. The summed E-state index contributed by atoms with van der Waals surface area (Å²) in [4.78, 5) is -0.0696. The molecule has 2 aromatic rings. The maximum Gasteiger partial charge on any atom is 0.266 e. The SMILES string of the molecule is CCCc1nn(Cc2ccc(C)cc2)c(Cl)c1S(=O)(=O)Cl. The predicted octanol–water partition coefficient (Wildman–Crippen LogP) is 3.77. The van der Waals surface area contributed by atoms with Gasteiger partial charge >= 0.3 is 0 Å². The molecule has 0 unspecified atom stereocenters. The number of hydrogen-bond acceptors (Lipinski definition) is 3. The average Bonchev–Trinajstić information content (AvgIpc) is 2.69. The van der Waals surface area contributed by atoms with Crippen LogP contribution < -0.4 is 0 Å². The van der Waals surface area contributed by atoms with Crippen LogP contribution in [0.3, 0.4) is 0 Å². The summed E-state index contributed by atoms with van der Waals surface area (Å²) in [6.07, 6.45) is 1.28. The summed E-state index contributed by atoms with van der Waals surface area (Å²) < 4.78 is 24.9. The van der Waals surface area contributed by atoms with Gasteiger partial charge in [0.2, 0.25) is 0 Å². The van der Waals surface area contributed by atoms with Crippen LogP contribution in [-0.4, -0.2) is 18.2 Å². The minimum atomic E-state index is -3.91. The topological polar surface area (TPSA) is 52.0 Å². The highest BCUT2D eigenvalue weighted by Gasteiger charge is 2.25. The van der Waals surface area contributed by atoms with Crippen molar-refractivity contribution in [1.29, 1.82) is 0 Å². The number of rotatable bonds is 5. The van der Waals surface area contributed by atoms with Crippen molar-refractivity contribution >= 4 is 31.3 Å². The Kier molecular flexibility index (Phi) is 4.96. The first-order valence-electron chi connectivity index (χ1n) is 6.58. The Morgan fingerprint density at radius 1 is 1.24 bits per heavy atom. The first-order chi connectivity index (χ1) is 9.82. The van der Waals surface area contributed by atoms with E-state index in [1.54, 1.807) is 0 Å². The van der Waals surface area contributed by atoms with Crippen LogP contribution in [-0.2, 0) is 22.0 Å². The summed E-state index contributed by atoms with van der Waals surface area (Å²) in [5.74, 6) is 0. The minimum Gasteiger partial charge on any atom is -0.248 e. The van der Waals surface area contributed by atoms with E-state index in [1.165, 1.54) is 4.68 Å². The molecule has 0 aliphatic carbocycles. The van der Waals surface area contributed by atoms with Crippen molar-refractivity contribution in [2.45, 2.75) is 38.1 Å². The molecule has 0 radical (unpaired) electrons. The summed E-state index contributed by atoms with van der Waals surface area (Å²) >= 11 is 6.17. The summed E-state index contributed by atoms with van der Waals surface area (Å²) in [6.45, 7) is 4.35. The normalized spacial score (nSPS) is 11.8. The van der Waals surface area contributed by atoms with Gasteiger partial charge in [0.05, 0.1) is 12.2 Å². The van der Waals surface area contributed by atoms with Crippen LogP contribution in [0.15, 0.2) is 29.2 Å². The van der Waals surface area contributed by atoms with Crippen molar-refractivity contribution in [2.75, 3.05) is 0 Å². The summed E-state index contributed by atoms with van der Waals surface area (Å²) in [6, 6.07) is 7.89. The molecular weight excluding hydrogens is 331 g/mol. The molecule has 1 heterocycles. The van der Waals surface area contributed by atoms with Crippen molar-refractivity contribution < 1.29 is 8.42 Å². The molecule has 0 aliphatic rings. The van der Waals surface area contributed by atoms with Gasteiger partial charge in [0, 0.05) is 10.7 Å². The van der Waals surface area contributed by atoms with E-state index >= 15 is 0 Å². The van der Waals surface area contributed by atoms with E-state index < -0.39 is 9.05 Å². The van der Waals surface area contributed by atoms with Crippen LogP contribution in [0, 0.1) is 6.92 Å². The molecule has 0 aliphatic heterocycles. The second-order valence-corrected chi connectivity index (χ2v) is 7.76. The van der Waals surface area contributed by atoms with Crippen molar-refractivity contribution in [3.8, 4) is 0 Å². The molecule has 0 N–H and O–H groups in total. The zero-order valence-corrected chi connectivity index (χ0v) is 14.1. The predicted molar refractivity (Wildman–Crippen MR) is 84.6 cm³/mol. The van der Waals surface area contributed by atoms with Gasteiger partial charge in [-0.25, -0.2) is 13.1 Å². The lowest BCUT2D eigenvalue weighted by Gasteiger charge is -2.04. The van der Waals surface area contributed by atoms with E-state index in [4.69, 9.17) is 22.3 Å². The molecule has 0 saturated carbocycles. The van der Waals surface area contributed by atoms with Gasteiger partial charge in [0.25, 0.3) is 9.05 Å². The van der Waals surface area contributed by atoms with Gasteiger partial charge in [-0.1, -0.05) is 54.8 Å². The second-order valence-electron chi connectivity index (χ2n) is 4.90. The van der Waals surface area contributed by atoms with Crippen LogP contribution in [0.2, 0.25) is 5.15 Å². The van der Waals surface area contributed by atoms with E-state index in [1.807, 2.05) is 38.1 Å². The van der Waals surface area contributed by atoms with E-state index in [0.29, 0.717) is 18.7 Å². The highest BCUT2D eigenvalue weighted by Crippen LogP contribution is 2.29. The molecule has 0 atom stereocenters. The zero-order chi connectivity index (χ0) is 15.6. The molecule has 7 heteroatoms. The summed E-state index contributed by atoms with van der Waals surface area (Å²) in [5.41, 5.74) is 2.57. The molecule has 114 valence electrons. The van der Waals surface area contributed by atoms with E-state index in [2.05, 4.69) is 5.10 Å². The lowest BCUT2D eigenvalue weighted by Crippen LogP contribution is -2.02. The number of halogens is 2. The Morgan fingerprint density at radius 3 is 2.38 bits per heavy atom. The van der Waals surface area contributed by atoms with Crippen LogP contribution in [0.4, 0.5) is 0 Å². The first kappa shape index (κ1) is 16.3. The van der Waals surface area contributed by atoms with Gasteiger partial charge in [0.1, 0.15) is 10.0 Å². The molecule has 1 aromatic carbocycles. The van der Waals surface area contributed by atoms with Crippen molar-refractivity contribution in [3.05, 3.63) is 46.2 Å².